The smallest absolute Gasteiger partial charge is 0.0529 e. The Kier molecular flexibility index (Phi) is 4.85. The van der Waals surface area contributed by atoms with Crippen LogP contribution in [-0.4, -0.2) is 21.8 Å². The van der Waals surface area contributed by atoms with Crippen molar-refractivity contribution in [1.82, 2.24) is 9.88 Å². The lowest BCUT2D eigenvalue weighted by molar-refractivity contribution is 0.177. The SMILES string of the molecule is CC(O)CCn1cccc1CNC(C)C. The van der Waals surface area contributed by atoms with E-state index in [1.165, 1.54) is 5.69 Å². The normalized spacial score (nSPS) is 13.4. The van der Waals surface area contributed by atoms with Crippen molar-refractivity contribution >= 4 is 0 Å². The van der Waals surface area contributed by atoms with Crippen LogP contribution in [-0.2, 0) is 13.1 Å². The summed E-state index contributed by atoms with van der Waals surface area (Å²) in [6, 6.07) is 4.68. The fourth-order valence-corrected chi connectivity index (χ4v) is 1.46. The Balaban J connectivity index is 2.46. The van der Waals surface area contributed by atoms with Crippen molar-refractivity contribution in [3.63, 3.8) is 0 Å². The molecule has 2 N–H and O–H groups in total. The first kappa shape index (κ1) is 12.3. The van der Waals surface area contributed by atoms with Gasteiger partial charge in [-0.3, -0.25) is 0 Å². The molecule has 86 valence electrons. The van der Waals surface area contributed by atoms with Crippen molar-refractivity contribution in [3.05, 3.63) is 24.0 Å². The molecule has 1 unspecified atom stereocenters. The van der Waals surface area contributed by atoms with Gasteiger partial charge in [-0.2, -0.15) is 0 Å². The van der Waals surface area contributed by atoms with Crippen molar-refractivity contribution in [2.75, 3.05) is 0 Å². The van der Waals surface area contributed by atoms with Crippen molar-refractivity contribution in [2.45, 2.75) is 52.4 Å². The fraction of sp³-hybridized carbons (Fsp3) is 0.667. The van der Waals surface area contributed by atoms with Gasteiger partial charge in [-0.1, -0.05) is 13.8 Å². The summed E-state index contributed by atoms with van der Waals surface area (Å²) in [6.07, 6.45) is 2.65. The molecule has 0 amide bonds. The van der Waals surface area contributed by atoms with Crippen LogP contribution in [0.2, 0.25) is 0 Å². The standard InChI is InChI=1S/C12H22N2O/c1-10(2)13-9-12-5-4-7-14(12)8-6-11(3)15/h4-5,7,10-11,13,15H,6,8-9H2,1-3H3. The number of aliphatic hydroxyl groups excluding tert-OH is 1. The predicted molar refractivity (Wildman–Crippen MR) is 62.7 cm³/mol. The van der Waals surface area contributed by atoms with Gasteiger partial charge in [0.05, 0.1) is 6.10 Å². The van der Waals surface area contributed by atoms with E-state index in [0.29, 0.717) is 6.04 Å². The summed E-state index contributed by atoms with van der Waals surface area (Å²) < 4.78 is 2.20. The summed E-state index contributed by atoms with van der Waals surface area (Å²) in [5, 5.41) is 12.6. The zero-order valence-electron chi connectivity index (χ0n) is 9.90. The van der Waals surface area contributed by atoms with E-state index >= 15 is 0 Å². The van der Waals surface area contributed by atoms with Gasteiger partial charge in [0.15, 0.2) is 0 Å². The minimum atomic E-state index is -0.224. The van der Waals surface area contributed by atoms with Gasteiger partial charge in [-0.25, -0.2) is 0 Å². The number of aromatic nitrogens is 1. The number of rotatable bonds is 6. The van der Waals surface area contributed by atoms with Crippen LogP contribution >= 0.6 is 0 Å². The number of nitrogens with zero attached hydrogens (tertiary/aromatic N) is 1. The average molecular weight is 210 g/mol. The minimum Gasteiger partial charge on any atom is -0.393 e. The molecule has 0 saturated carbocycles. The lowest BCUT2D eigenvalue weighted by atomic mass is 10.3. The molecule has 0 bridgehead atoms. The summed E-state index contributed by atoms with van der Waals surface area (Å²) >= 11 is 0. The first-order chi connectivity index (χ1) is 7.09. The van der Waals surface area contributed by atoms with E-state index in [1.807, 2.05) is 6.92 Å². The van der Waals surface area contributed by atoms with E-state index in [2.05, 4.69) is 42.1 Å². The molecule has 3 nitrogen and oxygen atoms in total. The molecule has 0 aliphatic heterocycles. The van der Waals surface area contributed by atoms with Gasteiger partial charge >= 0.3 is 0 Å². The second-order valence-corrected chi connectivity index (χ2v) is 4.37. The molecular weight excluding hydrogens is 188 g/mol. The largest absolute Gasteiger partial charge is 0.393 e. The summed E-state index contributed by atoms with van der Waals surface area (Å²) in [5.41, 5.74) is 1.28. The maximum Gasteiger partial charge on any atom is 0.0529 e. The highest BCUT2D eigenvalue weighted by molar-refractivity contribution is 5.07. The van der Waals surface area contributed by atoms with E-state index in [9.17, 15) is 5.11 Å². The molecule has 0 aliphatic carbocycles. The number of hydrogen-bond acceptors (Lipinski definition) is 2. The quantitative estimate of drug-likeness (QED) is 0.750. The molecule has 0 spiro atoms. The molecule has 0 aromatic carbocycles. The second-order valence-electron chi connectivity index (χ2n) is 4.37. The minimum absolute atomic E-state index is 0.224. The van der Waals surface area contributed by atoms with Gasteiger partial charge in [-0.15, -0.1) is 0 Å². The van der Waals surface area contributed by atoms with Crippen LogP contribution in [0.3, 0.4) is 0 Å². The first-order valence-electron chi connectivity index (χ1n) is 5.65. The molecule has 1 aromatic rings. The third-order valence-electron chi connectivity index (χ3n) is 2.40. The lowest BCUT2D eigenvalue weighted by Crippen LogP contribution is -2.23. The van der Waals surface area contributed by atoms with Crippen molar-refractivity contribution in [3.8, 4) is 0 Å². The van der Waals surface area contributed by atoms with Crippen LogP contribution in [0.4, 0.5) is 0 Å². The average Bonchev–Trinajstić information content (AvgIpc) is 2.58. The van der Waals surface area contributed by atoms with Gasteiger partial charge in [0.1, 0.15) is 0 Å². The van der Waals surface area contributed by atoms with Gasteiger partial charge in [0, 0.05) is 31.0 Å². The van der Waals surface area contributed by atoms with Gasteiger partial charge in [-0.05, 0) is 25.5 Å². The summed E-state index contributed by atoms with van der Waals surface area (Å²) in [7, 11) is 0. The van der Waals surface area contributed by atoms with Crippen LogP contribution in [0, 0.1) is 0 Å². The molecule has 0 radical (unpaired) electrons. The first-order valence-corrected chi connectivity index (χ1v) is 5.65. The van der Waals surface area contributed by atoms with Crippen LogP contribution in [0.25, 0.3) is 0 Å². The molecule has 1 rings (SSSR count). The number of aliphatic hydroxyl groups is 1. The van der Waals surface area contributed by atoms with Gasteiger partial charge in [0.25, 0.3) is 0 Å². The Hall–Kier alpha value is -0.800. The lowest BCUT2D eigenvalue weighted by Gasteiger charge is -2.12. The van der Waals surface area contributed by atoms with Crippen molar-refractivity contribution in [1.29, 1.82) is 0 Å². The maximum absolute atomic E-state index is 9.23. The monoisotopic (exact) mass is 210 g/mol. The zero-order chi connectivity index (χ0) is 11.3. The second kappa shape index (κ2) is 5.93. The number of hydrogen-bond donors (Lipinski definition) is 2. The van der Waals surface area contributed by atoms with E-state index in [-0.39, 0.29) is 6.10 Å². The Morgan fingerprint density at radius 1 is 1.40 bits per heavy atom. The molecule has 15 heavy (non-hydrogen) atoms. The van der Waals surface area contributed by atoms with Crippen molar-refractivity contribution in [2.24, 2.45) is 0 Å². The Morgan fingerprint density at radius 2 is 2.13 bits per heavy atom. The van der Waals surface area contributed by atoms with Crippen LogP contribution < -0.4 is 5.32 Å². The van der Waals surface area contributed by atoms with E-state index in [4.69, 9.17) is 0 Å². The van der Waals surface area contributed by atoms with E-state index in [0.717, 1.165) is 19.5 Å². The van der Waals surface area contributed by atoms with E-state index in [1.54, 1.807) is 0 Å². The molecule has 0 fully saturated rings. The molecule has 0 aliphatic rings. The van der Waals surface area contributed by atoms with Crippen molar-refractivity contribution < 1.29 is 5.11 Å². The summed E-state index contributed by atoms with van der Waals surface area (Å²) in [5.74, 6) is 0. The molecule has 3 heteroatoms. The molecule has 0 saturated heterocycles. The van der Waals surface area contributed by atoms with Crippen LogP contribution in [0.15, 0.2) is 18.3 Å². The van der Waals surface area contributed by atoms with Gasteiger partial charge in [0.2, 0.25) is 0 Å². The summed E-state index contributed by atoms with van der Waals surface area (Å²) in [6.45, 7) is 7.89. The Labute approximate surface area is 92.1 Å². The highest BCUT2D eigenvalue weighted by Crippen LogP contribution is 2.05. The number of aryl methyl sites for hydroxylation is 1. The fourth-order valence-electron chi connectivity index (χ4n) is 1.46. The molecule has 1 atom stereocenters. The highest BCUT2D eigenvalue weighted by atomic mass is 16.3. The van der Waals surface area contributed by atoms with Gasteiger partial charge < -0.3 is 15.0 Å². The third-order valence-corrected chi connectivity index (χ3v) is 2.40. The Morgan fingerprint density at radius 3 is 2.73 bits per heavy atom. The zero-order valence-corrected chi connectivity index (χ0v) is 9.90. The topological polar surface area (TPSA) is 37.2 Å². The molecular formula is C12H22N2O. The molecule has 1 heterocycles. The predicted octanol–water partition coefficient (Wildman–Crippen LogP) is 1.76. The summed E-state index contributed by atoms with van der Waals surface area (Å²) in [4.78, 5) is 0. The third kappa shape index (κ3) is 4.49. The highest BCUT2D eigenvalue weighted by Gasteiger charge is 2.03. The maximum atomic E-state index is 9.23. The van der Waals surface area contributed by atoms with Crippen LogP contribution in [0.1, 0.15) is 32.9 Å². The Bertz CT molecular complexity index is 252. The molecule has 1 aromatic heterocycles. The number of nitrogens with one attached hydrogen (secondary N) is 1. The van der Waals surface area contributed by atoms with E-state index < -0.39 is 0 Å². The van der Waals surface area contributed by atoms with Crippen LogP contribution in [0.5, 0.6) is 0 Å².